The Morgan fingerprint density at radius 2 is 2.41 bits per heavy atom. The van der Waals surface area contributed by atoms with Crippen LogP contribution in [0.15, 0.2) is 17.4 Å². The number of nitrogens with zero attached hydrogens (tertiary/aromatic N) is 3. The van der Waals surface area contributed by atoms with Crippen molar-refractivity contribution in [3.63, 3.8) is 0 Å². The maximum Gasteiger partial charge on any atom is 0.235 e. The minimum Gasteiger partial charge on any atom is -0.377 e. The zero-order chi connectivity index (χ0) is 12.8. The van der Waals surface area contributed by atoms with Crippen LogP contribution in [-0.2, 0) is 4.79 Å². The van der Waals surface area contributed by atoms with E-state index >= 15 is 0 Å². The van der Waals surface area contributed by atoms with Crippen molar-refractivity contribution in [2.75, 3.05) is 11.1 Å². The molecule has 0 bridgehead atoms. The molecule has 5 N–H and O–H groups in total. The van der Waals surface area contributed by atoms with E-state index < -0.39 is 0 Å². The van der Waals surface area contributed by atoms with E-state index in [-0.39, 0.29) is 22.9 Å². The van der Waals surface area contributed by atoms with E-state index in [9.17, 15) is 4.79 Å². The number of thioether (sulfide) groups is 1. The van der Waals surface area contributed by atoms with Crippen LogP contribution in [0.2, 0.25) is 0 Å². The normalized spacial score (nSPS) is 11.8. The Labute approximate surface area is 104 Å². The van der Waals surface area contributed by atoms with Crippen LogP contribution in [-0.4, -0.2) is 26.6 Å². The summed E-state index contributed by atoms with van der Waals surface area (Å²) in [5, 5.41) is 10.3. The lowest BCUT2D eigenvalue weighted by Crippen LogP contribution is -2.20. The number of amides is 1. The molecule has 17 heavy (non-hydrogen) atoms. The molecule has 8 heteroatoms. The Morgan fingerprint density at radius 3 is 3.00 bits per heavy atom. The van der Waals surface area contributed by atoms with Gasteiger partial charge >= 0.3 is 0 Å². The average Bonchev–Trinajstić information content (AvgIpc) is 2.74. The summed E-state index contributed by atoms with van der Waals surface area (Å²) in [6.07, 6.45) is 1.64. The van der Waals surface area contributed by atoms with Crippen LogP contribution in [0.3, 0.4) is 0 Å². The molecule has 1 heterocycles. The molecule has 0 saturated heterocycles. The fourth-order valence-corrected chi connectivity index (χ4v) is 1.61. The Kier molecular flexibility index (Phi) is 4.83. The highest BCUT2D eigenvalue weighted by Gasteiger charge is 2.09. The number of anilines is 1. The summed E-state index contributed by atoms with van der Waals surface area (Å²) in [4.78, 5) is 11.6. The fourth-order valence-electron chi connectivity index (χ4n) is 1.18. The van der Waals surface area contributed by atoms with Crippen LogP contribution in [0, 0.1) is 0 Å². The second kappa shape index (κ2) is 6.14. The van der Waals surface area contributed by atoms with E-state index in [1.807, 2.05) is 13.8 Å². The van der Waals surface area contributed by atoms with Crippen LogP contribution >= 0.6 is 11.8 Å². The molecule has 0 radical (unpaired) electrons. The quantitative estimate of drug-likeness (QED) is 0.311. The molecule has 0 atom stereocenters. The lowest BCUT2D eigenvalue weighted by Gasteiger charge is -2.11. The van der Waals surface area contributed by atoms with Gasteiger partial charge in [-0.3, -0.25) is 4.79 Å². The Morgan fingerprint density at radius 1 is 1.71 bits per heavy atom. The van der Waals surface area contributed by atoms with Crippen LogP contribution in [0.5, 0.6) is 0 Å². The molecule has 1 rings (SSSR count). The number of hydrazone groups is 1. The molecule has 1 aromatic heterocycles. The van der Waals surface area contributed by atoms with E-state index in [1.165, 1.54) is 0 Å². The highest BCUT2D eigenvalue weighted by Crippen LogP contribution is 2.13. The minimum absolute atomic E-state index is 0.163. The largest absolute Gasteiger partial charge is 0.377 e. The lowest BCUT2D eigenvalue weighted by molar-refractivity contribution is -0.113. The van der Waals surface area contributed by atoms with E-state index in [0.717, 1.165) is 11.8 Å². The smallest absolute Gasteiger partial charge is 0.235 e. The summed E-state index contributed by atoms with van der Waals surface area (Å²) >= 11 is 1.08. The molecule has 0 aliphatic heterocycles. The molecule has 0 aliphatic rings. The van der Waals surface area contributed by atoms with Gasteiger partial charge in [0.2, 0.25) is 5.91 Å². The van der Waals surface area contributed by atoms with Gasteiger partial charge in [0.25, 0.3) is 0 Å². The molecular formula is C9H16N6OS. The highest BCUT2D eigenvalue weighted by molar-refractivity contribution is 8.14. The zero-order valence-electron chi connectivity index (χ0n) is 9.75. The van der Waals surface area contributed by atoms with Gasteiger partial charge in [0.05, 0.1) is 11.9 Å². The van der Waals surface area contributed by atoms with E-state index in [0.29, 0.717) is 5.82 Å². The molecule has 1 aromatic rings. The molecule has 1 amide bonds. The fraction of sp³-hybridized carbons (Fsp3) is 0.444. The lowest BCUT2D eigenvalue weighted by atomic mass is 10.4. The maximum atomic E-state index is 11.6. The standard InChI is InChI=1S/C9H16N6OS/c1-6(2)15-7(3-4-12-15)13-8(16)5-17-9(10)14-11/h3-4,6H,5,11H2,1-2H3,(H2,10,14)(H,13,16). The van der Waals surface area contributed by atoms with E-state index in [2.05, 4.69) is 15.5 Å². The van der Waals surface area contributed by atoms with Crippen molar-refractivity contribution < 1.29 is 4.79 Å². The molecule has 94 valence electrons. The predicted octanol–water partition coefficient (Wildman–Crippen LogP) is 0.324. The predicted molar refractivity (Wildman–Crippen MR) is 69.5 cm³/mol. The van der Waals surface area contributed by atoms with Crippen LogP contribution in [0.1, 0.15) is 19.9 Å². The molecule has 0 aromatic carbocycles. The first-order chi connectivity index (χ1) is 8.04. The second-order valence-electron chi connectivity index (χ2n) is 3.56. The first-order valence-corrected chi connectivity index (χ1v) is 6.02. The van der Waals surface area contributed by atoms with Crippen molar-refractivity contribution in [1.29, 1.82) is 0 Å². The van der Waals surface area contributed by atoms with Crippen molar-refractivity contribution in [2.45, 2.75) is 19.9 Å². The zero-order valence-corrected chi connectivity index (χ0v) is 10.6. The Hall–Kier alpha value is -1.70. The third kappa shape index (κ3) is 3.99. The molecule has 0 unspecified atom stereocenters. The van der Waals surface area contributed by atoms with Gasteiger partial charge in [-0.15, -0.1) is 0 Å². The van der Waals surface area contributed by atoms with Crippen molar-refractivity contribution in [2.24, 2.45) is 16.7 Å². The number of nitrogens with one attached hydrogen (secondary N) is 1. The topological polar surface area (TPSA) is 111 Å². The summed E-state index contributed by atoms with van der Waals surface area (Å²) in [7, 11) is 0. The van der Waals surface area contributed by atoms with Gasteiger partial charge in [0.1, 0.15) is 5.82 Å². The van der Waals surface area contributed by atoms with Gasteiger partial charge in [-0.2, -0.15) is 10.2 Å². The number of hydrogen-bond donors (Lipinski definition) is 3. The summed E-state index contributed by atoms with van der Waals surface area (Å²) < 4.78 is 1.73. The number of hydrogen-bond acceptors (Lipinski definition) is 5. The van der Waals surface area contributed by atoms with Crippen LogP contribution < -0.4 is 16.9 Å². The Balaban J connectivity index is 2.53. The number of carbonyl (C=O) groups excluding carboxylic acids is 1. The van der Waals surface area contributed by atoms with Crippen LogP contribution in [0.4, 0.5) is 5.82 Å². The van der Waals surface area contributed by atoms with E-state index in [1.54, 1.807) is 16.9 Å². The summed E-state index contributed by atoms with van der Waals surface area (Å²) in [6.45, 7) is 3.97. The van der Waals surface area contributed by atoms with Gasteiger partial charge in [-0.05, 0) is 13.8 Å². The molecular weight excluding hydrogens is 240 g/mol. The monoisotopic (exact) mass is 256 g/mol. The minimum atomic E-state index is -0.177. The number of amidine groups is 1. The summed E-state index contributed by atoms with van der Waals surface area (Å²) in [5.41, 5.74) is 5.36. The van der Waals surface area contributed by atoms with Crippen molar-refractivity contribution in [1.82, 2.24) is 9.78 Å². The SMILES string of the molecule is CC(C)n1nccc1NC(=O)CSC(N)=NN. The van der Waals surface area contributed by atoms with Gasteiger partial charge in [-0.25, -0.2) is 4.68 Å². The number of nitrogens with two attached hydrogens (primary N) is 2. The molecule has 7 nitrogen and oxygen atoms in total. The highest BCUT2D eigenvalue weighted by atomic mass is 32.2. The third-order valence-electron chi connectivity index (χ3n) is 1.91. The van der Waals surface area contributed by atoms with Gasteiger partial charge in [0.15, 0.2) is 5.17 Å². The maximum absolute atomic E-state index is 11.6. The van der Waals surface area contributed by atoms with Crippen molar-refractivity contribution in [3.05, 3.63) is 12.3 Å². The number of aromatic nitrogens is 2. The van der Waals surface area contributed by atoms with Crippen molar-refractivity contribution in [3.8, 4) is 0 Å². The first kappa shape index (κ1) is 13.4. The summed E-state index contributed by atoms with van der Waals surface area (Å²) in [5.74, 6) is 5.60. The first-order valence-electron chi connectivity index (χ1n) is 5.04. The van der Waals surface area contributed by atoms with Gasteiger partial charge < -0.3 is 16.9 Å². The number of carbonyl (C=O) groups is 1. The molecule has 0 aliphatic carbocycles. The number of rotatable bonds is 4. The Bertz CT molecular complexity index is 413. The molecule has 0 spiro atoms. The average molecular weight is 256 g/mol. The van der Waals surface area contributed by atoms with Crippen molar-refractivity contribution >= 4 is 28.7 Å². The van der Waals surface area contributed by atoms with Gasteiger partial charge in [0, 0.05) is 12.1 Å². The van der Waals surface area contributed by atoms with Crippen LogP contribution in [0.25, 0.3) is 0 Å². The third-order valence-corrected chi connectivity index (χ3v) is 2.71. The summed E-state index contributed by atoms with van der Waals surface area (Å²) in [6, 6.07) is 1.92. The second-order valence-corrected chi connectivity index (χ2v) is 4.55. The van der Waals surface area contributed by atoms with Gasteiger partial charge in [-0.1, -0.05) is 11.8 Å². The molecule has 0 saturated carbocycles. The molecule has 0 fully saturated rings. The van der Waals surface area contributed by atoms with E-state index in [4.69, 9.17) is 11.6 Å².